The van der Waals surface area contributed by atoms with Gasteiger partial charge in [-0.3, -0.25) is 10.1 Å². The number of aromatic amines is 1. The van der Waals surface area contributed by atoms with Gasteiger partial charge >= 0.3 is 0 Å². The van der Waals surface area contributed by atoms with Gasteiger partial charge in [-0.2, -0.15) is 5.10 Å². The number of hydrogen-bond donors (Lipinski definition) is 3. The highest BCUT2D eigenvalue weighted by molar-refractivity contribution is 5.79. The van der Waals surface area contributed by atoms with Gasteiger partial charge in [0.1, 0.15) is 6.23 Å². The van der Waals surface area contributed by atoms with E-state index in [9.17, 15) is 9.90 Å². The third-order valence-corrected chi connectivity index (χ3v) is 5.22. The average Bonchev–Trinajstić information content (AvgIpc) is 3.39. The maximum Gasteiger partial charge on any atom is 0.252 e. The molecule has 1 saturated carbocycles. The van der Waals surface area contributed by atoms with Crippen molar-refractivity contribution in [2.75, 3.05) is 0 Å². The molecule has 3 N–H and O–H groups in total. The Labute approximate surface area is 157 Å². The minimum atomic E-state index is -0.900. The van der Waals surface area contributed by atoms with Crippen molar-refractivity contribution < 1.29 is 5.11 Å². The minimum Gasteiger partial charge on any atom is -0.374 e. The lowest BCUT2D eigenvalue weighted by atomic mass is 10.1. The lowest BCUT2D eigenvalue weighted by Gasteiger charge is -2.16. The molecule has 0 amide bonds. The van der Waals surface area contributed by atoms with Gasteiger partial charge in [0.2, 0.25) is 0 Å². The maximum atomic E-state index is 12.2. The van der Waals surface area contributed by atoms with E-state index in [-0.39, 0.29) is 12.1 Å². The quantitative estimate of drug-likeness (QED) is 0.582. The molecular weight excluding hydrogens is 342 g/mol. The van der Waals surface area contributed by atoms with Crippen LogP contribution in [0.2, 0.25) is 0 Å². The summed E-state index contributed by atoms with van der Waals surface area (Å²) in [4.78, 5) is 19.8. The number of aliphatic hydroxyl groups excluding tert-OH is 1. The maximum absolute atomic E-state index is 12.2. The summed E-state index contributed by atoms with van der Waals surface area (Å²) in [5, 5.41) is 19.2. The minimum absolute atomic E-state index is 0.121. The van der Waals surface area contributed by atoms with Crippen LogP contribution in [0.4, 0.5) is 0 Å². The van der Waals surface area contributed by atoms with Gasteiger partial charge in [0, 0.05) is 46.9 Å². The molecule has 1 unspecified atom stereocenters. The van der Waals surface area contributed by atoms with Gasteiger partial charge < -0.3 is 10.1 Å². The van der Waals surface area contributed by atoms with Crippen molar-refractivity contribution in [2.24, 2.45) is 0 Å². The predicted molar refractivity (Wildman–Crippen MR) is 104 cm³/mol. The van der Waals surface area contributed by atoms with Gasteiger partial charge in [-0.05, 0) is 51.3 Å². The van der Waals surface area contributed by atoms with Crippen molar-refractivity contribution in [1.29, 1.82) is 0 Å². The van der Waals surface area contributed by atoms with E-state index in [4.69, 9.17) is 4.98 Å². The van der Waals surface area contributed by atoms with Crippen LogP contribution in [-0.2, 0) is 13.1 Å². The highest BCUT2D eigenvalue weighted by atomic mass is 16.3. The Hall–Kier alpha value is -2.51. The molecule has 3 aromatic rings. The van der Waals surface area contributed by atoms with Crippen LogP contribution in [-0.4, -0.2) is 24.9 Å². The molecule has 1 atom stereocenters. The second-order valence-electron chi connectivity index (χ2n) is 7.33. The van der Waals surface area contributed by atoms with Crippen LogP contribution in [0.15, 0.2) is 23.1 Å². The van der Waals surface area contributed by atoms with E-state index in [1.54, 1.807) is 6.20 Å². The zero-order valence-corrected chi connectivity index (χ0v) is 15.9. The zero-order valence-electron chi connectivity index (χ0n) is 15.9. The van der Waals surface area contributed by atoms with E-state index >= 15 is 0 Å². The van der Waals surface area contributed by atoms with Gasteiger partial charge in [-0.25, -0.2) is 9.67 Å². The first-order valence-electron chi connectivity index (χ1n) is 9.45. The molecule has 0 aliphatic heterocycles. The number of nitrogens with zero attached hydrogens (tertiary/aromatic N) is 3. The summed E-state index contributed by atoms with van der Waals surface area (Å²) < 4.78 is 1.85. The Kier molecular flexibility index (Phi) is 4.57. The third kappa shape index (κ3) is 3.40. The van der Waals surface area contributed by atoms with E-state index in [1.807, 2.05) is 37.6 Å². The molecule has 7 nitrogen and oxygen atoms in total. The summed E-state index contributed by atoms with van der Waals surface area (Å²) in [6, 6.07) is 3.91. The molecule has 3 aromatic heterocycles. The molecule has 1 aliphatic carbocycles. The van der Waals surface area contributed by atoms with Crippen LogP contribution >= 0.6 is 0 Å². The Morgan fingerprint density at radius 3 is 2.81 bits per heavy atom. The van der Waals surface area contributed by atoms with E-state index in [0.717, 1.165) is 52.9 Å². The molecule has 4 rings (SSSR count). The first-order chi connectivity index (χ1) is 13.0. The summed E-state index contributed by atoms with van der Waals surface area (Å²) in [6.45, 7) is 6.81. The van der Waals surface area contributed by atoms with Gasteiger partial charge in [0.05, 0.1) is 6.20 Å². The number of aliphatic hydroxyl groups is 1. The Morgan fingerprint density at radius 2 is 2.15 bits per heavy atom. The lowest BCUT2D eigenvalue weighted by molar-refractivity contribution is 0.138. The van der Waals surface area contributed by atoms with Crippen LogP contribution in [0.5, 0.6) is 0 Å². The molecule has 1 fully saturated rings. The summed E-state index contributed by atoms with van der Waals surface area (Å²) in [7, 11) is 0. The summed E-state index contributed by atoms with van der Waals surface area (Å²) in [5.74, 6) is 0.475. The Balaban J connectivity index is 1.65. The van der Waals surface area contributed by atoms with Crippen molar-refractivity contribution in [3.05, 3.63) is 56.8 Å². The number of rotatable bonds is 6. The Morgan fingerprint density at radius 1 is 1.37 bits per heavy atom. The molecule has 0 aromatic carbocycles. The fourth-order valence-electron chi connectivity index (χ4n) is 3.55. The van der Waals surface area contributed by atoms with Crippen molar-refractivity contribution in [3.8, 4) is 0 Å². The standard InChI is InChI=1S/C20H25N5O2/c1-4-25-18-16(10-22-25)14(8-17(24-18)13-5-6-13)19(26)21-9-15-11(2)7-12(3)23-20(15)27/h7-8,10,13,19,21,26H,4-6,9H2,1-3H3,(H,23,27). The van der Waals surface area contributed by atoms with Crippen molar-refractivity contribution >= 4 is 11.0 Å². The summed E-state index contributed by atoms with van der Waals surface area (Å²) in [6.07, 6.45) is 3.13. The molecule has 0 bridgehead atoms. The Bertz CT molecular complexity index is 1050. The number of nitrogens with one attached hydrogen (secondary N) is 2. The molecule has 27 heavy (non-hydrogen) atoms. The second kappa shape index (κ2) is 6.90. The van der Waals surface area contributed by atoms with Gasteiger partial charge in [0.15, 0.2) is 5.65 Å². The second-order valence-corrected chi connectivity index (χ2v) is 7.33. The molecule has 7 heteroatoms. The van der Waals surface area contributed by atoms with E-state index in [2.05, 4.69) is 15.4 Å². The molecule has 142 valence electrons. The predicted octanol–water partition coefficient (Wildman–Crippen LogP) is 2.41. The fraction of sp³-hybridized carbons (Fsp3) is 0.450. The number of fused-ring (bicyclic) bond motifs is 1. The first-order valence-corrected chi connectivity index (χ1v) is 9.45. The largest absolute Gasteiger partial charge is 0.374 e. The smallest absolute Gasteiger partial charge is 0.252 e. The number of hydrogen-bond acceptors (Lipinski definition) is 5. The van der Waals surface area contributed by atoms with Crippen LogP contribution in [0, 0.1) is 13.8 Å². The number of aromatic nitrogens is 4. The van der Waals surface area contributed by atoms with Crippen LogP contribution in [0.3, 0.4) is 0 Å². The molecule has 1 aliphatic rings. The molecule has 0 spiro atoms. The summed E-state index contributed by atoms with van der Waals surface area (Å²) >= 11 is 0. The number of aryl methyl sites for hydroxylation is 3. The zero-order chi connectivity index (χ0) is 19.1. The van der Waals surface area contributed by atoms with Crippen molar-refractivity contribution in [2.45, 2.75) is 58.8 Å². The fourth-order valence-corrected chi connectivity index (χ4v) is 3.55. The first kappa shape index (κ1) is 17.9. The molecular formula is C20H25N5O2. The molecule has 0 radical (unpaired) electrons. The van der Waals surface area contributed by atoms with E-state index in [1.165, 1.54) is 0 Å². The molecule has 3 heterocycles. The van der Waals surface area contributed by atoms with Crippen LogP contribution in [0.1, 0.15) is 60.0 Å². The monoisotopic (exact) mass is 367 g/mol. The van der Waals surface area contributed by atoms with Gasteiger partial charge in [-0.15, -0.1) is 0 Å². The van der Waals surface area contributed by atoms with E-state index < -0.39 is 6.23 Å². The van der Waals surface area contributed by atoms with Gasteiger partial charge in [-0.1, -0.05) is 0 Å². The lowest BCUT2D eigenvalue weighted by Crippen LogP contribution is -2.26. The van der Waals surface area contributed by atoms with Crippen molar-refractivity contribution in [1.82, 2.24) is 25.1 Å². The highest BCUT2D eigenvalue weighted by Crippen LogP contribution is 2.40. The average molecular weight is 367 g/mol. The SMILES string of the molecule is CCn1ncc2c(C(O)NCc3c(C)cc(C)[nH]c3=O)cc(C3CC3)nc21. The van der Waals surface area contributed by atoms with E-state index in [0.29, 0.717) is 11.5 Å². The van der Waals surface area contributed by atoms with Crippen molar-refractivity contribution in [3.63, 3.8) is 0 Å². The van der Waals surface area contributed by atoms with Crippen LogP contribution < -0.4 is 10.9 Å². The van der Waals surface area contributed by atoms with Crippen LogP contribution in [0.25, 0.3) is 11.0 Å². The van der Waals surface area contributed by atoms with Gasteiger partial charge in [0.25, 0.3) is 5.56 Å². The normalized spacial score (nSPS) is 15.4. The highest BCUT2D eigenvalue weighted by Gasteiger charge is 2.28. The number of H-pyrrole nitrogens is 1. The summed E-state index contributed by atoms with van der Waals surface area (Å²) in [5.41, 5.74) is 4.84. The number of pyridine rings is 2. The molecule has 0 saturated heterocycles. The topological polar surface area (TPSA) is 95.8 Å². The third-order valence-electron chi connectivity index (χ3n) is 5.22.